The third-order valence-corrected chi connectivity index (χ3v) is 3.49. The molecule has 2 rings (SSSR count). The number of carbonyl (C=O) groups excluding carboxylic acids is 1. The molecule has 0 bridgehead atoms. The number of hydrogen-bond acceptors (Lipinski definition) is 2. The Balaban J connectivity index is 2.57. The van der Waals surface area contributed by atoms with E-state index in [0.29, 0.717) is 6.42 Å². The van der Waals surface area contributed by atoms with Crippen LogP contribution in [-0.2, 0) is 6.18 Å². The molecule has 9 heteroatoms. The van der Waals surface area contributed by atoms with Gasteiger partial charge in [-0.1, -0.05) is 30.1 Å². The second-order valence-electron chi connectivity index (χ2n) is 4.66. The second-order valence-corrected chi connectivity index (χ2v) is 5.50. The summed E-state index contributed by atoms with van der Waals surface area (Å²) < 4.78 is 41.0. The van der Waals surface area contributed by atoms with Crippen LogP contribution >= 0.6 is 23.2 Å². The van der Waals surface area contributed by atoms with Gasteiger partial charge in [0, 0.05) is 11.6 Å². The van der Waals surface area contributed by atoms with Gasteiger partial charge in [0.1, 0.15) is 6.33 Å². The third kappa shape index (κ3) is 3.79. The van der Waals surface area contributed by atoms with Gasteiger partial charge in [0.05, 0.1) is 10.7 Å². The molecule has 1 aromatic heterocycles. The molecule has 2 aromatic rings. The van der Waals surface area contributed by atoms with Crippen LogP contribution in [0, 0.1) is 0 Å². The number of nitrogens with zero attached hydrogens (tertiary/aromatic N) is 2. The summed E-state index contributed by atoms with van der Waals surface area (Å²) in [7, 11) is 0. The molecule has 0 saturated heterocycles. The molecule has 0 aliphatic carbocycles. The third-order valence-electron chi connectivity index (χ3n) is 2.96. The van der Waals surface area contributed by atoms with Crippen molar-refractivity contribution >= 4 is 29.1 Å². The standard InChI is InChI=1S/C14H12Cl2F3N3O/c1-2-5-20-13(23)11-12(14(17,18)19)22(7-21-11)10-4-3-8(15)6-9(10)16/h3-4,6-7H,2,5H2,1H3,(H,20,23). The zero-order valence-corrected chi connectivity index (χ0v) is 13.4. The van der Waals surface area contributed by atoms with Crippen LogP contribution in [0.4, 0.5) is 13.2 Å². The summed E-state index contributed by atoms with van der Waals surface area (Å²) in [5, 5.41) is 2.68. The Morgan fingerprint density at radius 1 is 1.35 bits per heavy atom. The topological polar surface area (TPSA) is 46.9 Å². The zero-order valence-electron chi connectivity index (χ0n) is 11.9. The average Bonchev–Trinajstić information content (AvgIpc) is 2.89. The highest BCUT2D eigenvalue weighted by Crippen LogP contribution is 2.35. The number of alkyl halides is 3. The summed E-state index contributed by atoms with van der Waals surface area (Å²) in [6, 6.07) is 4.05. The predicted octanol–water partition coefficient (Wildman–Crippen LogP) is 4.34. The van der Waals surface area contributed by atoms with Crippen LogP contribution < -0.4 is 5.32 Å². The van der Waals surface area contributed by atoms with Gasteiger partial charge in [-0.25, -0.2) is 4.98 Å². The number of amides is 1. The molecule has 1 N–H and O–H groups in total. The predicted molar refractivity (Wildman–Crippen MR) is 81.2 cm³/mol. The second kappa shape index (κ2) is 6.80. The number of imidazole rings is 1. The van der Waals surface area contributed by atoms with Gasteiger partial charge in [0.15, 0.2) is 11.4 Å². The molecular weight excluding hydrogens is 354 g/mol. The number of carbonyl (C=O) groups is 1. The lowest BCUT2D eigenvalue weighted by Crippen LogP contribution is -2.27. The molecule has 0 unspecified atom stereocenters. The van der Waals surface area contributed by atoms with E-state index in [1.165, 1.54) is 18.2 Å². The first-order valence-corrected chi connectivity index (χ1v) is 7.39. The van der Waals surface area contributed by atoms with Gasteiger partial charge in [0.25, 0.3) is 5.91 Å². The quantitative estimate of drug-likeness (QED) is 0.875. The first-order chi connectivity index (χ1) is 10.8. The highest BCUT2D eigenvalue weighted by Gasteiger charge is 2.41. The number of aromatic nitrogens is 2. The lowest BCUT2D eigenvalue weighted by Gasteiger charge is -2.14. The molecule has 124 valence electrons. The summed E-state index contributed by atoms with van der Waals surface area (Å²) in [6.45, 7) is 2.04. The van der Waals surface area contributed by atoms with Crippen LogP contribution in [0.5, 0.6) is 0 Å². The number of hydrogen-bond donors (Lipinski definition) is 1. The Labute approximate surface area is 140 Å². The average molecular weight is 366 g/mol. The number of rotatable bonds is 4. The maximum atomic E-state index is 13.4. The first kappa shape index (κ1) is 17.6. The number of halogens is 5. The highest BCUT2D eigenvalue weighted by atomic mass is 35.5. The van der Waals surface area contributed by atoms with Crippen LogP contribution in [0.15, 0.2) is 24.5 Å². The van der Waals surface area contributed by atoms with Gasteiger partial charge in [-0.05, 0) is 24.6 Å². The van der Waals surface area contributed by atoms with Crippen molar-refractivity contribution in [2.45, 2.75) is 19.5 Å². The minimum Gasteiger partial charge on any atom is -0.351 e. The van der Waals surface area contributed by atoms with Crippen molar-refractivity contribution in [2.75, 3.05) is 6.54 Å². The molecule has 1 amide bonds. The summed E-state index contributed by atoms with van der Waals surface area (Å²) in [5.74, 6) is -0.886. The molecule has 1 aromatic carbocycles. The van der Waals surface area contributed by atoms with E-state index in [1.54, 1.807) is 6.92 Å². The molecule has 4 nitrogen and oxygen atoms in total. The van der Waals surface area contributed by atoms with E-state index in [1.807, 2.05) is 0 Å². The highest BCUT2D eigenvalue weighted by molar-refractivity contribution is 6.35. The maximum Gasteiger partial charge on any atom is 0.434 e. The summed E-state index contributed by atoms with van der Waals surface area (Å²) in [5.41, 5.74) is -1.85. The fourth-order valence-corrected chi connectivity index (χ4v) is 2.47. The molecule has 0 radical (unpaired) electrons. The van der Waals surface area contributed by atoms with Crippen LogP contribution in [0.1, 0.15) is 29.5 Å². The molecule has 23 heavy (non-hydrogen) atoms. The molecule has 0 aliphatic rings. The van der Waals surface area contributed by atoms with Crippen molar-refractivity contribution in [3.05, 3.63) is 46.0 Å². The Kier molecular flexibility index (Phi) is 5.21. The van der Waals surface area contributed by atoms with E-state index in [-0.39, 0.29) is 22.3 Å². The van der Waals surface area contributed by atoms with Gasteiger partial charge in [-0.15, -0.1) is 0 Å². The van der Waals surface area contributed by atoms with Crippen molar-refractivity contribution in [3.63, 3.8) is 0 Å². The molecule has 0 spiro atoms. The summed E-state index contributed by atoms with van der Waals surface area (Å²) in [6.07, 6.45) is -3.27. The van der Waals surface area contributed by atoms with E-state index in [9.17, 15) is 18.0 Å². The van der Waals surface area contributed by atoms with E-state index in [4.69, 9.17) is 23.2 Å². The van der Waals surface area contributed by atoms with E-state index < -0.39 is 23.5 Å². The lowest BCUT2D eigenvalue weighted by atomic mass is 10.2. The minimum atomic E-state index is -4.78. The SMILES string of the molecule is CCCNC(=O)c1ncn(-c2ccc(Cl)cc2Cl)c1C(F)(F)F. The van der Waals surface area contributed by atoms with Crippen molar-refractivity contribution in [3.8, 4) is 5.69 Å². The largest absolute Gasteiger partial charge is 0.434 e. The van der Waals surface area contributed by atoms with E-state index >= 15 is 0 Å². The molecule has 0 fully saturated rings. The Morgan fingerprint density at radius 3 is 2.61 bits per heavy atom. The fraction of sp³-hybridized carbons (Fsp3) is 0.286. The van der Waals surface area contributed by atoms with Gasteiger partial charge < -0.3 is 5.32 Å². The number of benzene rings is 1. The van der Waals surface area contributed by atoms with Crippen LogP contribution in [0.3, 0.4) is 0 Å². The lowest BCUT2D eigenvalue weighted by molar-refractivity contribution is -0.142. The van der Waals surface area contributed by atoms with Gasteiger partial charge in [0.2, 0.25) is 0 Å². The van der Waals surface area contributed by atoms with Crippen LogP contribution in [0.25, 0.3) is 5.69 Å². The normalized spacial score (nSPS) is 11.6. The van der Waals surface area contributed by atoms with Crippen LogP contribution in [0.2, 0.25) is 10.0 Å². The molecule has 0 saturated carbocycles. The van der Waals surface area contributed by atoms with Crippen molar-refractivity contribution < 1.29 is 18.0 Å². The van der Waals surface area contributed by atoms with Crippen molar-refractivity contribution in [2.24, 2.45) is 0 Å². The molecule has 0 aliphatic heterocycles. The molecule has 1 heterocycles. The molecule has 0 atom stereocenters. The van der Waals surface area contributed by atoms with Gasteiger partial charge in [-0.2, -0.15) is 13.2 Å². The summed E-state index contributed by atoms with van der Waals surface area (Å²) >= 11 is 11.7. The maximum absolute atomic E-state index is 13.4. The van der Waals surface area contributed by atoms with Crippen LogP contribution in [-0.4, -0.2) is 22.0 Å². The Hall–Kier alpha value is -1.73. The zero-order chi connectivity index (χ0) is 17.2. The Bertz CT molecular complexity index is 729. The summed E-state index contributed by atoms with van der Waals surface area (Å²) in [4.78, 5) is 15.5. The Morgan fingerprint density at radius 2 is 2.04 bits per heavy atom. The minimum absolute atomic E-state index is 0.0147. The van der Waals surface area contributed by atoms with E-state index in [0.717, 1.165) is 10.9 Å². The number of nitrogens with one attached hydrogen (secondary N) is 1. The van der Waals surface area contributed by atoms with Gasteiger partial charge in [-0.3, -0.25) is 9.36 Å². The van der Waals surface area contributed by atoms with E-state index in [2.05, 4.69) is 10.3 Å². The smallest absolute Gasteiger partial charge is 0.351 e. The molecular formula is C14H12Cl2F3N3O. The van der Waals surface area contributed by atoms with Crippen molar-refractivity contribution in [1.82, 2.24) is 14.9 Å². The monoisotopic (exact) mass is 365 g/mol. The first-order valence-electron chi connectivity index (χ1n) is 6.63. The van der Waals surface area contributed by atoms with Crippen molar-refractivity contribution in [1.29, 1.82) is 0 Å². The fourth-order valence-electron chi connectivity index (χ4n) is 1.97. The van der Waals surface area contributed by atoms with Gasteiger partial charge >= 0.3 is 6.18 Å².